The normalized spacial score (nSPS) is 10.1. The van der Waals surface area contributed by atoms with Gasteiger partial charge in [-0.25, -0.2) is 0 Å². The second kappa shape index (κ2) is 4.57. The first-order valence-corrected chi connectivity index (χ1v) is 4.92. The summed E-state index contributed by atoms with van der Waals surface area (Å²) in [4.78, 5) is 15.5. The Kier molecular flexibility index (Phi) is 2.95. The number of hydrogen-bond donors (Lipinski definition) is 1. The maximum Gasteiger partial charge on any atom is 0.251 e. The summed E-state index contributed by atoms with van der Waals surface area (Å²) in [6.07, 6.45) is 5.03. The van der Waals surface area contributed by atoms with E-state index in [1.54, 1.807) is 29.2 Å². The average Bonchev–Trinajstić information content (AvgIpc) is 2.73. The van der Waals surface area contributed by atoms with Crippen LogP contribution in [-0.4, -0.2) is 20.7 Å². The third-order valence-corrected chi connectivity index (χ3v) is 2.14. The molecule has 0 aromatic carbocycles. The smallest absolute Gasteiger partial charge is 0.251 e. The standard InChI is InChI=1S/C11H12N4O/c1-15-7-4-10(14-15)8-13-11(16)9-2-5-12-6-3-9/h2-7H,8H2,1H3,(H,13,16). The van der Waals surface area contributed by atoms with E-state index in [0.29, 0.717) is 12.1 Å². The molecule has 0 atom stereocenters. The van der Waals surface area contributed by atoms with Crippen molar-refractivity contribution >= 4 is 5.91 Å². The Balaban J connectivity index is 1.94. The zero-order valence-electron chi connectivity index (χ0n) is 8.92. The van der Waals surface area contributed by atoms with E-state index in [4.69, 9.17) is 0 Å². The van der Waals surface area contributed by atoms with E-state index in [1.165, 1.54) is 0 Å². The minimum Gasteiger partial charge on any atom is -0.346 e. The van der Waals surface area contributed by atoms with Gasteiger partial charge in [0.1, 0.15) is 0 Å². The number of aryl methyl sites for hydroxylation is 1. The Hall–Kier alpha value is -2.17. The highest BCUT2D eigenvalue weighted by molar-refractivity contribution is 5.93. The number of nitrogens with zero attached hydrogens (tertiary/aromatic N) is 3. The van der Waals surface area contributed by atoms with Crippen molar-refractivity contribution in [3.05, 3.63) is 48.0 Å². The van der Waals surface area contributed by atoms with E-state index in [1.807, 2.05) is 19.3 Å². The maximum absolute atomic E-state index is 11.7. The van der Waals surface area contributed by atoms with E-state index >= 15 is 0 Å². The van der Waals surface area contributed by atoms with E-state index in [2.05, 4.69) is 15.4 Å². The average molecular weight is 216 g/mol. The fourth-order valence-corrected chi connectivity index (χ4v) is 1.33. The van der Waals surface area contributed by atoms with Gasteiger partial charge in [0.25, 0.3) is 5.91 Å². The molecule has 1 amide bonds. The van der Waals surface area contributed by atoms with Gasteiger partial charge in [-0.2, -0.15) is 5.10 Å². The molecule has 16 heavy (non-hydrogen) atoms. The van der Waals surface area contributed by atoms with Crippen LogP contribution < -0.4 is 5.32 Å². The highest BCUT2D eigenvalue weighted by Gasteiger charge is 2.04. The van der Waals surface area contributed by atoms with Crippen LogP contribution in [0.25, 0.3) is 0 Å². The summed E-state index contributed by atoms with van der Waals surface area (Å²) in [5, 5.41) is 6.95. The third-order valence-electron chi connectivity index (χ3n) is 2.14. The van der Waals surface area contributed by atoms with Gasteiger partial charge in [0.15, 0.2) is 0 Å². The van der Waals surface area contributed by atoms with Gasteiger partial charge in [0.2, 0.25) is 0 Å². The lowest BCUT2D eigenvalue weighted by molar-refractivity contribution is 0.0950. The topological polar surface area (TPSA) is 59.8 Å². The van der Waals surface area contributed by atoms with E-state index in [-0.39, 0.29) is 5.91 Å². The molecule has 0 fully saturated rings. The summed E-state index contributed by atoms with van der Waals surface area (Å²) in [7, 11) is 1.84. The summed E-state index contributed by atoms with van der Waals surface area (Å²) >= 11 is 0. The Labute approximate surface area is 93.1 Å². The van der Waals surface area contributed by atoms with Gasteiger partial charge in [-0.05, 0) is 18.2 Å². The van der Waals surface area contributed by atoms with Crippen molar-refractivity contribution in [3.63, 3.8) is 0 Å². The zero-order valence-corrected chi connectivity index (χ0v) is 8.92. The van der Waals surface area contributed by atoms with Crippen LogP contribution in [0.5, 0.6) is 0 Å². The maximum atomic E-state index is 11.7. The van der Waals surface area contributed by atoms with Crippen LogP contribution in [0.15, 0.2) is 36.8 Å². The predicted molar refractivity (Wildman–Crippen MR) is 58.6 cm³/mol. The van der Waals surface area contributed by atoms with Crippen molar-refractivity contribution < 1.29 is 4.79 Å². The van der Waals surface area contributed by atoms with Crippen molar-refractivity contribution in [1.82, 2.24) is 20.1 Å². The number of carbonyl (C=O) groups is 1. The summed E-state index contributed by atoms with van der Waals surface area (Å²) in [5.41, 5.74) is 1.44. The molecule has 1 N–H and O–H groups in total. The lowest BCUT2D eigenvalue weighted by atomic mass is 10.2. The highest BCUT2D eigenvalue weighted by Crippen LogP contribution is 1.98. The highest BCUT2D eigenvalue weighted by atomic mass is 16.1. The Morgan fingerprint density at radius 3 is 2.75 bits per heavy atom. The van der Waals surface area contributed by atoms with Gasteiger partial charge in [-0.3, -0.25) is 14.5 Å². The summed E-state index contributed by atoms with van der Waals surface area (Å²) < 4.78 is 1.70. The number of aromatic nitrogens is 3. The van der Waals surface area contributed by atoms with Gasteiger partial charge in [-0.15, -0.1) is 0 Å². The molecular weight excluding hydrogens is 204 g/mol. The van der Waals surface area contributed by atoms with Gasteiger partial charge < -0.3 is 5.32 Å². The van der Waals surface area contributed by atoms with Gasteiger partial charge >= 0.3 is 0 Å². The molecule has 2 heterocycles. The molecule has 0 saturated carbocycles. The van der Waals surface area contributed by atoms with Crippen LogP contribution >= 0.6 is 0 Å². The molecule has 0 aliphatic rings. The molecule has 82 valence electrons. The van der Waals surface area contributed by atoms with Gasteiger partial charge in [0, 0.05) is 31.2 Å². The lowest BCUT2D eigenvalue weighted by Gasteiger charge is -2.02. The first-order chi connectivity index (χ1) is 7.75. The number of pyridine rings is 1. The second-order valence-corrected chi connectivity index (χ2v) is 3.40. The first kappa shape index (κ1) is 10.4. The molecule has 0 unspecified atom stereocenters. The molecule has 2 aromatic rings. The summed E-state index contributed by atoms with van der Waals surface area (Å²) in [5.74, 6) is -0.118. The van der Waals surface area contributed by atoms with Crippen molar-refractivity contribution in [2.75, 3.05) is 0 Å². The van der Waals surface area contributed by atoms with E-state index in [0.717, 1.165) is 5.69 Å². The fourth-order valence-electron chi connectivity index (χ4n) is 1.33. The summed E-state index contributed by atoms with van der Waals surface area (Å²) in [6, 6.07) is 5.22. The molecule has 0 spiro atoms. The lowest BCUT2D eigenvalue weighted by Crippen LogP contribution is -2.23. The Bertz CT molecular complexity index is 478. The molecule has 0 aliphatic carbocycles. The molecule has 5 heteroatoms. The van der Waals surface area contributed by atoms with Crippen molar-refractivity contribution in [2.45, 2.75) is 6.54 Å². The van der Waals surface area contributed by atoms with Crippen LogP contribution in [-0.2, 0) is 13.6 Å². The van der Waals surface area contributed by atoms with E-state index < -0.39 is 0 Å². The zero-order chi connectivity index (χ0) is 11.4. The molecule has 0 saturated heterocycles. The number of rotatable bonds is 3. The molecule has 5 nitrogen and oxygen atoms in total. The molecule has 0 bridgehead atoms. The molecular formula is C11H12N4O. The molecule has 0 radical (unpaired) electrons. The minimum absolute atomic E-state index is 0.118. The van der Waals surface area contributed by atoms with Gasteiger partial charge in [0.05, 0.1) is 12.2 Å². The fraction of sp³-hybridized carbons (Fsp3) is 0.182. The van der Waals surface area contributed by atoms with Crippen molar-refractivity contribution in [2.24, 2.45) is 7.05 Å². The minimum atomic E-state index is -0.118. The van der Waals surface area contributed by atoms with Gasteiger partial charge in [-0.1, -0.05) is 0 Å². The van der Waals surface area contributed by atoms with Crippen LogP contribution in [0.4, 0.5) is 0 Å². The third kappa shape index (κ3) is 2.44. The summed E-state index contributed by atoms with van der Waals surface area (Å²) in [6.45, 7) is 0.433. The SMILES string of the molecule is Cn1ccc(CNC(=O)c2ccncc2)n1. The van der Waals surface area contributed by atoms with E-state index in [9.17, 15) is 4.79 Å². The first-order valence-electron chi connectivity index (χ1n) is 4.92. The number of nitrogens with one attached hydrogen (secondary N) is 1. The molecule has 0 aliphatic heterocycles. The number of carbonyl (C=O) groups excluding carboxylic acids is 1. The van der Waals surface area contributed by atoms with Crippen LogP contribution in [0, 0.1) is 0 Å². The number of hydrogen-bond acceptors (Lipinski definition) is 3. The van der Waals surface area contributed by atoms with Crippen molar-refractivity contribution in [3.8, 4) is 0 Å². The second-order valence-electron chi connectivity index (χ2n) is 3.40. The van der Waals surface area contributed by atoms with Crippen molar-refractivity contribution in [1.29, 1.82) is 0 Å². The molecule has 2 rings (SSSR count). The Morgan fingerprint density at radius 2 is 2.12 bits per heavy atom. The predicted octanol–water partition coefficient (Wildman–Crippen LogP) is 0.745. The number of amides is 1. The largest absolute Gasteiger partial charge is 0.346 e. The monoisotopic (exact) mass is 216 g/mol. The quantitative estimate of drug-likeness (QED) is 0.823. The molecule has 2 aromatic heterocycles. The van der Waals surface area contributed by atoms with Crippen LogP contribution in [0.1, 0.15) is 16.1 Å². The van der Waals surface area contributed by atoms with Crippen LogP contribution in [0.2, 0.25) is 0 Å². The van der Waals surface area contributed by atoms with Crippen LogP contribution in [0.3, 0.4) is 0 Å². The Morgan fingerprint density at radius 1 is 1.38 bits per heavy atom.